The molecular weight excluding hydrogens is 332 g/mol. The lowest BCUT2D eigenvalue weighted by Gasteiger charge is -2.16. The molecule has 1 heterocycles. The summed E-state index contributed by atoms with van der Waals surface area (Å²) in [6.45, 7) is 2.46. The third kappa shape index (κ3) is 4.18. The van der Waals surface area contributed by atoms with Gasteiger partial charge >= 0.3 is 0 Å². The van der Waals surface area contributed by atoms with E-state index < -0.39 is 10.0 Å². The number of hydrogen-bond acceptors (Lipinski definition) is 5. The van der Waals surface area contributed by atoms with Gasteiger partial charge in [0.25, 0.3) is 0 Å². The van der Waals surface area contributed by atoms with Crippen molar-refractivity contribution >= 4 is 21.6 Å². The summed E-state index contributed by atoms with van der Waals surface area (Å²) in [5.74, 6) is 0.694. The van der Waals surface area contributed by atoms with Crippen molar-refractivity contribution in [3.8, 4) is 11.5 Å². The lowest BCUT2D eigenvalue weighted by molar-refractivity contribution is -0.119. The van der Waals surface area contributed by atoms with Crippen LogP contribution >= 0.6 is 0 Å². The standard InChI is InChI=1S/C16H24N2O5S/c1-4-9-24(20,21)18-8-7-12(11-18)16(19)17-13-5-6-14(22-2)15(10-13)23-3/h5-6,10,12H,4,7-9,11H2,1-3H3,(H,17,19). The number of nitrogens with one attached hydrogen (secondary N) is 1. The molecule has 134 valence electrons. The molecular formula is C16H24N2O5S. The summed E-state index contributed by atoms with van der Waals surface area (Å²) in [6, 6.07) is 5.11. The van der Waals surface area contributed by atoms with Gasteiger partial charge in [-0.1, -0.05) is 6.92 Å². The van der Waals surface area contributed by atoms with E-state index in [1.165, 1.54) is 11.4 Å². The molecule has 8 heteroatoms. The Morgan fingerprint density at radius 1 is 1.29 bits per heavy atom. The molecule has 7 nitrogen and oxygen atoms in total. The maximum Gasteiger partial charge on any atom is 0.228 e. The van der Waals surface area contributed by atoms with Gasteiger partial charge in [0.05, 0.1) is 25.9 Å². The van der Waals surface area contributed by atoms with Crippen molar-refractivity contribution in [2.75, 3.05) is 38.4 Å². The normalized spacial score (nSPS) is 18.4. The Balaban J connectivity index is 2.01. The van der Waals surface area contributed by atoms with Gasteiger partial charge in [0.15, 0.2) is 11.5 Å². The first-order chi connectivity index (χ1) is 11.4. The molecule has 0 aromatic heterocycles. The second-order valence-corrected chi connectivity index (χ2v) is 7.81. The van der Waals surface area contributed by atoms with Crippen LogP contribution in [0.5, 0.6) is 11.5 Å². The first-order valence-electron chi connectivity index (χ1n) is 7.92. The van der Waals surface area contributed by atoms with Gasteiger partial charge in [0.1, 0.15) is 0 Å². The van der Waals surface area contributed by atoms with Gasteiger partial charge in [-0.25, -0.2) is 12.7 Å². The van der Waals surface area contributed by atoms with E-state index in [9.17, 15) is 13.2 Å². The van der Waals surface area contributed by atoms with Crippen molar-refractivity contribution in [1.29, 1.82) is 0 Å². The first-order valence-corrected chi connectivity index (χ1v) is 9.53. The number of ether oxygens (including phenoxy) is 2. The van der Waals surface area contributed by atoms with Crippen molar-refractivity contribution < 1.29 is 22.7 Å². The van der Waals surface area contributed by atoms with Crippen LogP contribution in [-0.2, 0) is 14.8 Å². The monoisotopic (exact) mass is 356 g/mol. The van der Waals surface area contributed by atoms with E-state index in [0.29, 0.717) is 36.6 Å². The fraction of sp³-hybridized carbons (Fsp3) is 0.562. The predicted octanol–water partition coefficient (Wildman–Crippen LogP) is 1.70. The molecule has 1 N–H and O–H groups in total. The molecule has 1 aliphatic heterocycles. The van der Waals surface area contributed by atoms with Gasteiger partial charge in [0, 0.05) is 24.8 Å². The number of amides is 1. The van der Waals surface area contributed by atoms with Gasteiger partial charge in [-0.05, 0) is 25.0 Å². The Labute approximate surface area is 143 Å². The molecule has 24 heavy (non-hydrogen) atoms. The minimum Gasteiger partial charge on any atom is -0.493 e. The highest BCUT2D eigenvalue weighted by Gasteiger charge is 2.34. The summed E-state index contributed by atoms with van der Waals surface area (Å²) in [6.07, 6.45) is 1.10. The smallest absolute Gasteiger partial charge is 0.228 e. The third-order valence-corrected chi connectivity index (χ3v) is 6.07. The number of carbonyl (C=O) groups excluding carboxylic acids is 1. The van der Waals surface area contributed by atoms with Crippen LogP contribution in [0.4, 0.5) is 5.69 Å². The Kier molecular flexibility index (Phi) is 6.06. The second-order valence-electron chi connectivity index (χ2n) is 5.72. The fourth-order valence-corrected chi connectivity index (χ4v) is 4.30. The Hall–Kier alpha value is -1.80. The molecule has 1 aliphatic rings. The zero-order chi connectivity index (χ0) is 17.7. The number of methoxy groups -OCH3 is 2. The van der Waals surface area contributed by atoms with E-state index in [1.807, 2.05) is 6.92 Å². The minimum atomic E-state index is -3.25. The van der Waals surface area contributed by atoms with Crippen LogP contribution in [0.15, 0.2) is 18.2 Å². The molecule has 1 amide bonds. The number of sulfonamides is 1. The van der Waals surface area contributed by atoms with Crippen LogP contribution in [0.25, 0.3) is 0 Å². The average molecular weight is 356 g/mol. The third-order valence-electron chi connectivity index (χ3n) is 4.03. The van der Waals surface area contributed by atoms with Crippen LogP contribution in [0.2, 0.25) is 0 Å². The second kappa shape index (κ2) is 7.85. The molecule has 1 aromatic carbocycles. The Morgan fingerprint density at radius 3 is 2.62 bits per heavy atom. The van der Waals surface area contributed by atoms with E-state index in [0.717, 1.165) is 0 Å². The van der Waals surface area contributed by atoms with Gasteiger partial charge in [0.2, 0.25) is 15.9 Å². The maximum atomic E-state index is 12.4. The molecule has 1 saturated heterocycles. The van der Waals surface area contributed by atoms with Crippen LogP contribution in [-0.4, -0.2) is 51.7 Å². The summed E-state index contributed by atoms with van der Waals surface area (Å²) in [7, 11) is -0.186. The topological polar surface area (TPSA) is 84.9 Å². The highest BCUT2D eigenvalue weighted by Crippen LogP contribution is 2.30. The zero-order valence-electron chi connectivity index (χ0n) is 14.2. The van der Waals surface area contributed by atoms with Crippen LogP contribution in [0, 0.1) is 5.92 Å². The van der Waals surface area contributed by atoms with E-state index in [1.54, 1.807) is 25.3 Å². The van der Waals surface area contributed by atoms with E-state index in [2.05, 4.69) is 5.32 Å². The minimum absolute atomic E-state index is 0.122. The number of carbonyl (C=O) groups is 1. The van der Waals surface area contributed by atoms with Gasteiger partial charge in [-0.2, -0.15) is 0 Å². The molecule has 1 fully saturated rings. The highest BCUT2D eigenvalue weighted by molar-refractivity contribution is 7.89. The van der Waals surface area contributed by atoms with Crippen molar-refractivity contribution in [3.63, 3.8) is 0 Å². The van der Waals surface area contributed by atoms with Crippen LogP contribution in [0.3, 0.4) is 0 Å². The molecule has 1 atom stereocenters. The first kappa shape index (κ1) is 18.5. The zero-order valence-corrected chi connectivity index (χ0v) is 15.1. The summed E-state index contributed by atoms with van der Waals surface area (Å²) in [5.41, 5.74) is 0.590. The Bertz CT molecular complexity index is 690. The van der Waals surface area contributed by atoms with Gasteiger partial charge < -0.3 is 14.8 Å². The van der Waals surface area contributed by atoms with E-state index in [4.69, 9.17) is 9.47 Å². The molecule has 0 radical (unpaired) electrons. The number of anilines is 1. The summed E-state index contributed by atoms with van der Waals surface area (Å²) in [4.78, 5) is 12.4. The number of hydrogen-bond donors (Lipinski definition) is 1. The quantitative estimate of drug-likeness (QED) is 0.804. The van der Waals surface area contributed by atoms with Crippen molar-refractivity contribution in [3.05, 3.63) is 18.2 Å². The van der Waals surface area contributed by atoms with Crippen molar-refractivity contribution in [2.24, 2.45) is 5.92 Å². The fourth-order valence-electron chi connectivity index (χ4n) is 2.74. The Morgan fingerprint density at radius 2 is 2.00 bits per heavy atom. The molecule has 0 aliphatic carbocycles. The highest BCUT2D eigenvalue weighted by atomic mass is 32.2. The van der Waals surface area contributed by atoms with E-state index >= 15 is 0 Å². The van der Waals surface area contributed by atoms with Crippen molar-refractivity contribution in [1.82, 2.24) is 4.31 Å². The molecule has 1 unspecified atom stereocenters. The number of benzene rings is 1. The van der Waals surface area contributed by atoms with Gasteiger partial charge in [-0.15, -0.1) is 0 Å². The number of nitrogens with zero attached hydrogens (tertiary/aromatic N) is 1. The number of rotatable bonds is 7. The summed E-state index contributed by atoms with van der Waals surface area (Å²) >= 11 is 0. The predicted molar refractivity (Wildman–Crippen MR) is 91.9 cm³/mol. The van der Waals surface area contributed by atoms with Crippen LogP contribution in [0.1, 0.15) is 19.8 Å². The van der Waals surface area contributed by atoms with Gasteiger partial charge in [-0.3, -0.25) is 4.79 Å². The maximum absolute atomic E-state index is 12.4. The summed E-state index contributed by atoms with van der Waals surface area (Å²) < 4.78 is 35.9. The van der Waals surface area contributed by atoms with Crippen LogP contribution < -0.4 is 14.8 Å². The largest absolute Gasteiger partial charge is 0.493 e. The molecule has 0 spiro atoms. The molecule has 2 rings (SSSR count). The summed E-state index contributed by atoms with van der Waals surface area (Å²) in [5, 5.41) is 2.82. The molecule has 0 bridgehead atoms. The molecule has 1 aromatic rings. The van der Waals surface area contributed by atoms with Crippen molar-refractivity contribution in [2.45, 2.75) is 19.8 Å². The average Bonchev–Trinajstić information content (AvgIpc) is 3.05. The lowest BCUT2D eigenvalue weighted by Crippen LogP contribution is -2.33. The lowest BCUT2D eigenvalue weighted by atomic mass is 10.1. The SMILES string of the molecule is CCCS(=O)(=O)N1CCC(C(=O)Nc2ccc(OC)c(OC)c2)C1. The van der Waals surface area contributed by atoms with E-state index in [-0.39, 0.29) is 24.1 Å². The molecule has 0 saturated carbocycles.